The van der Waals surface area contributed by atoms with Gasteiger partial charge in [-0.05, 0) is 87.8 Å². The predicted octanol–water partition coefficient (Wildman–Crippen LogP) is 7.88. The number of carbonyl (C=O) groups is 1. The second-order valence-electron chi connectivity index (χ2n) is 14.9. The van der Waals surface area contributed by atoms with Crippen molar-refractivity contribution in [3.8, 4) is 11.5 Å². The van der Waals surface area contributed by atoms with Crippen LogP contribution in [-0.4, -0.2) is 38.7 Å². The molecular formula is C33H40F3N5O3. The smallest absolute Gasteiger partial charge is 0.258 e. The van der Waals surface area contributed by atoms with Gasteiger partial charge in [0.1, 0.15) is 5.82 Å². The van der Waals surface area contributed by atoms with Gasteiger partial charge in [0.05, 0.1) is 0 Å². The third-order valence-corrected chi connectivity index (χ3v) is 10.6. The summed E-state index contributed by atoms with van der Waals surface area (Å²) in [4.78, 5) is 25.1. The second kappa shape index (κ2) is 10.4. The van der Waals surface area contributed by atoms with Crippen LogP contribution in [0.2, 0.25) is 0 Å². The maximum atomic E-state index is 15.2. The fourth-order valence-electron chi connectivity index (χ4n) is 7.42. The minimum atomic E-state index is -2.75. The van der Waals surface area contributed by atoms with Crippen molar-refractivity contribution >= 4 is 11.6 Å². The molecule has 1 amide bonds. The number of hydrogen-bond acceptors (Lipinski definition) is 7. The number of alkyl halides is 2. The van der Waals surface area contributed by atoms with E-state index in [9.17, 15) is 13.6 Å². The van der Waals surface area contributed by atoms with Crippen molar-refractivity contribution in [3.05, 3.63) is 41.6 Å². The SMILES string of the molecule is CC(C)(C)c1noc(C23CCC(CN(C(=O)C4CCC(F)(F)CC4)c4cc(F)cc(-c5nc(C6CC6)no5)c4)(CC2)CC3)n1. The van der Waals surface area contributed by atoms with Gasteiger partial charge in [0.15, 0.2) is 11.6 Å². The molecule has 44 heavy (non-hydrogen) atoms. The van der Waals surface area contributed by atoms with Gasteiger partial charge in [0.2, 0.25) is 17.7 Å². The van der Waals surface area contributed by atoms with Crippen LogP contribution < -0.4 is 4.90 Å². The molecule has 11 heteroatoms. The van der Waals surface area contributed by atoms with E-state index in [1.807, 2.05) is 0 Å². The first-order valence-electron chi connectivity index (χ1n) is 16.0. The Hall–Kier alpha value is -3.24. The summed E-state index contributed by atoms with van der Waals surface area (Å²) in [7, 11) is 0. The molecule has 0 saturated heterocycles. The van der Waals surface area contributed by atoms with Crippen LogP contribution in [0.3, 0.4) is 0 Å². The largest absolute Gasteiger partial charge is 0.339 e. The van der Waals surface area contributed by atoms with Crippen molar-refractivity contribution in [2.75, 3.05) is 11.4 Å². The Morgan fingerprint density at radius 1 is 0.909 bits per heavy atom. The fraction of sp³-hybridized carbons (Fsp3) is 0.667. The van der Waals surface area contributed by atoms with E-state index in [1.54, 1.807) is 11.0 Å². The molecule has 8 nitrogen and oxygen atoms in total. The number of fused-ring (bicyclic) bond motifs is 3. The molecule has 5 aliphatic carbocycles. The normalized spacial score (nSPS) is 27.0. The molecule has 2 aromatic heterocycles. The van der Waals surface area contributed by atoms with E-state index in [0.29, 0.717) is 35.3 Å². The van der Waals surface area contributed by atoms with E-state index in [-0.39, 0.29) is 59.6 Å². The summed E-state index contributed by atoms with van der Waals surface area (Å²) in [6, 6.07) is 4.42. The van der Waals surface area contributed by atoms with Crippen LogP contribution in [0.1, 0.15) is 121 Å². The summed E-state index contributed by atoms with van der Waals surface area (Å²) in [5.41, 5.74) is 0.240. The number of nitrogens with zero attached hydrogens (tertiary/aromatic N) is 5. The first-order chi connectivity index (χ1) is 20.8. The van der Waals surface area contributed by atoms with Gasteiger partial charge in [-0.25, -0.2) is 13.2 Å². The van der Waals surface area contributed by atoms with E-state index in [2.05, 4.69) is 36.1 Å². The Kier molecular flexibility index (Phi) is 6.97. The maximum Gasteiger partial charge on any atom is 0.258 e. The van der Waals surface area contributed by atoms with E-state index in [1.165, 1.54) is 12.1 Å². The van der Waals surface area contributed by atoms with Crippen LogP contribution >= 0.6 is 0 Å². The first kappa shape index (κ1) is 29.5. The van der Waals surface area contributed by atoms with Crippen LogP contribution in [0.4, 0.5) is 18.9 Å². The summed E-state index contributed by atoms with van der Waals surface area (Å²) in [6.07, 6.45) is 6.73. The molecule has 5 saturated carbocycles. The van der Waals surface area contributed by atoms with Crippen LogP contribution in [-0.2, 0) is 15.6 Å². The minimum absolute atomic E-state index is 0.113. The van der Waals surface area contributed by atoms with Gasteiger partial charge in [-0.3, -0.25) is 4.79 Å². The van der Waals surface area contributed by atoms with Gasteiger partial charge in [-0.15, -0.1) is 0 Å². The summed E-state index contributed by atoms with van der Waals surface area (Å²) in [5, 5.41) is 8.35. The van der Waals surface area contributed by atoms with Gasteiger partial charge in [0.25, 0.3) is 5.89 Å². The molecule has 0 unspecified atom stereocenters. The Bertz CT molecular complexity index is 1520. The zero-order valence-corrected chi connectivity index (χ0v) is 25.7. The summed E-state index contributed by atoms with van der Waals surface area (Å²) in [6.45, 7) is 6.58. The van der Waals surface area contributed by atoms with Gasteiger partial charge in [0, 0.05) is 53.3 Å². The number of benzene rings is 1. The number of amides is 1. The molecule has 2 bridgehead atoms. The van der Waals surface area contributed by atoms with Crippen molar-refractivity contribution < 1.29 is 27.0 Å². The molecule has 1 aromatic carbocycles. The average molecular weight is 612 g/mol. The van der Waals surface area contributed by atoms with Gasteiger partial charge in [-0.1, -0.05) is 31.1 Å². The molecule has 0 aliphatic heterocycles. The average Bonchev–Trinajstić information content (AvgIpc) is 3.48. The fourth-order valence-corrected chi connectivity index (χ4v) is 7.42. The lowest BCUT2D eigenvalue weighted by Gasteiger charge is -2.53. The Labute approximate surface area is 255 Å². The molecule has 5 aliphatic rings. The van der Waals surface area contributed by atoms with E-state index in [4.69, 9.17) is 14.0 Å². The molecule has 8 rings (SSSR count). The number of aromatic nitrogens is 4. The lowest BCUT2D eigenvalue weighted by Crippen LogP contribution is -2.52. The van der Waals surface area contributed by atoms with E-state index >= 15 is 4.39 Å². The monoisotopic (exact) mass is 611 g/mol. The Morgan fingerprint density at radius 3 is 2.20 bits per heavy atom. The van der Waals surface area contributed by atoms with Gasteiger partial charge in [-0.2, -0.15) is 9.97 Å². The lowest BCUT2D eigenvalue weighted by atomic mass is 9.53. The van der Waals surface area contributed by atoms with Crippen LogP contribution in [0.25, 0.3) is 11.5 Å². The number of hydrogen-bond donors (Lipinski definition) is 0. The third-order valence-electron chi connectivity index (χ3n) is 10.6. The van der Waals surface area contributed by atoms with Crippen molar-refractivity contribution in [2.45, 2.75) is 120 Å². The highest BCUT2D eigenvalue weighted by Crippen LogP contribution is 2.58. The van der Waals surface area contributed by atoms with Crippen molar-refractivity contribution in [1.82, 2.24) is 20.3 Å². The minimum Gasteiger partial charge on any atom is -0.339 e. The lowest BCUT2D eigenvalue weighted by molar-refractivity contribution is -0.127. The number of carbonyl (C=O) groups excluding carboxylic acids is 1. The molecule has 0 N–H and O–H groups in total. The molecule has 2 heterocycles. The molecule has 3 aromatic rings. The molecular weight excluding hydrogens is 571 g/mol. The maximum absolute atomic E-state index is 15.2. The van der Waals surface area contributed by atoms with Crippen LogP contribution in [0.15, 0.2) is 27.2 Å². The van der Waals surface area contributed by atoms with Crippen molar-refractivity contribution in [3.63, 3.8) is 0 Å². The Balaban J connectivity index is 1.17. The number of halogens is 3. The zero-order valence-electron chi connectivity index (χ0n) is 25.7. The van der Waals surface area contributed by atoms with Gasteiger partial charge >= 0.3 is 0 Å². The Morgan fingerprint density at radius 2 is 1.59 bits per heavy atom. The van der Waals surface area contributed by atoms with Crippen LogP contribution in [0.5, 0.6) is 0 Å². The van der Waals surface area contributed by atoms with Gasteiger partial charge < -0.3 is 13.9 Å². The summed E-state index contributed by atoms with van der Waals surface area (Å²) in [5.74, 6) is -1.52. The number of anilines is 1. The highest BCUT2D eigenvalue weighted by molar-refractivity contribution is 5.95. The number of rotatable bonds is 7. The van der Waals surface area contributed by atoms with E-state index in [0.717, 1.165) is 51.4 Å². The molecule has 236 valence electrons. The second-order valence-corrected chi connectivity index (χ2v) is 14.9. The van der Waals surface area contributed by atoms with E-state index < -0.39 is 17.7 Å². The predicted molar refractivity (Wildman–Crippen MR) is 156 cm³/mol. The molecule has 0 spiro atoms. The molecule has 0 radical (unpaired) electrons. The summed E-state index contributed by atoms with van der Waals surface area (Å²) >= 11 is 0. The van der Waals surface area contributed by atoms with Crippen molar-refractivity contribution in [1.29, 1.82) is 0 Å². The quantitative estimate of drug-likeness (QED) is 0.268. The molecule has 0 atom stereocenters. The third kappa shape index (κ3) is 5.55. The van der Waals surface area contributed by atoms with Crippen molar-refractivity contribution in [2.24, 2.45) is 11.3 Å². The summed E-state index contributed by atoms with van der Waals surface area (Å²) < 4.78 is 54.6. The first-order valence-corrected chi connectivity index (χ1v) is 16.0. The van der Waals surface area contributed by atoms with Crippen LogP contribution in [0, 0.1) is 17.2 Å². The zero-order chi connectivity index (χ0) is 30.9. The molecule has 5 fully saturated rings. The highest BCUT2D eigenvalue weighted by atomic mass is 19.3. The topological polar surface area (TPSA) is 98.2 Å². The standard InChI is InChI=1S/C33H40F3N5O3/c1-30(2,3)28-38-29(44-40-28)32-13-10-31(11-14-32,12-15-32)19-41(27(42)21-6-8-33(35,36)9-7-21)24-17-22(16-23(34)18-24)26-37-25(39-43-26)20-4-5-20/h16-18,20-21H,4-15,19H2,1-3H3. The highest BCUT2D eigenvalue weighted by Gasteiger charge is 2.53.